The second-order valence-corrected chi connectivity index (χ2v) is 3.28. The van der Waals surface area contributed by atoms with Crippen molar-refractivity contribution in [3.05, 3.63) is 0 Å². The van der Waals surface area contributed by atoms with Crippen molar-refractivity contribution in [1.82, 2.24) is 0 Å². The van der Waals surface area contributed by atoms with Crippen LogP contribution in [0.1, 0.15) is 19.8 Å². The smallest absolute Gasteiger partial charge is 0.159 e. The molecule has 0 aromatic carbocycles. The molecule has 0 heterocycles. The molecule has 0 aliphatic carbocycles. The molecule has 86 valence electrons. The van der Waals surface area contributed by atoms with Gasteiger partial charge in [0, 0.05) is 34.9 Å². The molecule has 0 fully saturated rings. The summed E-state index contributed by atoms with van der Waals surface area (Å²) in [6, 6.07) is 0. The zero-order chi connectivity index (χ0) is 11.0. The third-order valence-corrected chi connectivity index (χ3v) is 2.31. The SMILES string of the molecule is COC(C[C@@H](C[C@@H](C)OC)OC)OC. The van der Waals surface area contributed by atoms with E-state index in [0.717, 1.165) is 12.8 Å². The van der Waals surface area contributed by atoms with Gasteiger partial charge in [-0.1, -0.05) is 0 Å². The molecule has 0 spiro atoms. The Bertz CT molecular complexity index is 125. The van der Waals surface area contributed by atoms with Gasteiger partial charge in [0.1, 0.15) is 0 Å². The second kappa shape index (κ2) is 8.17. The van der Waals surface area contributed by atoms with Gasteiger partial charge in [-0.2, -0.15) is 0 Å². The lowest BCUT2D eigenvalue weighted by Gasteiger charge is -2.22. The van der Waals surface area contributed by atoms with E-state index in [1.54, 1.807) is 28.4 Å². The Morgan fingerprint density at radius 2 is 1.36 bits per heavy atom. The molecule has 4 heteroatoms. The van der Waals surface area contributed by atoms with E-state index in [1.165, 1.54) is 0 Å². The molecule has 0 aliphatic rings. The number of hydrogen-bond donors (Lipinski definition) is 0. The van der Waals surface area contributed by atoms with Crippen LogP contribution in [-0.4, -0.2) is 46.9 Å². The topological polar surface area (TPSA) is 36.9 Å². The molecule has 0 aromatic rings. The molecule has 0 rings (SSSR count). The first-order valence-corrected chi connectivity index (χ1v) is 4.79. The van der Waals surface area contributed by atoms with Crippen LogP contribution in [0.4, 0.5) is 0 Å². The average Bonchev–Trinajstić information content (AvgIpc) is 2.23. The van der Waals surface area contributed by atoms with Crippen molar-refractivity contribution < 1.29 is 18.9 Å². The predicted octanol–water partition coefficient (Wildman–Crippen LogP) is 1.44. The van der Waals surface area contributed by atoms with Gasteiger partial charge in [0.15, 0.2) is 6.29 Å². The summed E-state index contributed by atoms with van der Waals surface area (Å²) in [5, 5.41) is 0. The van der Waals surface area contributed by atoms with E-state index in [4.69, 9.17) is 18.9 Å². The summed E-state index contributed by atoms with van der Waals surface area (Å²) in [6.45, 7) is 2.01. The lowest BCUT2D eigenvalue weighted by atomic mass is 10.1. The fourth-order valence-electron chi connectivity index (χ4n) is 1.26. The van der Waals surface area contributed by atoms with E-state index < -0.39 is 0 Å². The van der Waals surface area contributed by atoms with Crippen LogP contribution in [0, 0.1) is 0 Å². The van der Waals surface area contributed by atoms with Crippen LogP contribution < -0.4 is 0 Å². The highest BCUT2D eigenvalue weighted by atomic mass is 16.7. The van der Waals surface area contributed by atoms with Crippen molar-refractivity contribution in [2.45, 2.75) is 38.3 Å². The Hall–Kier alpha value is -0.160. The molecule has 14 heavy (non-hydrogen) atoms. The van der Waals surface area contributed by atoms with Crippen molar-refractivity contribution >= 4 is 0 Å². The van der Waals surface area contributed by atoms with Gasteiger partial charge in [0.05, 0.1) is 12.2 Å². The van der Waals surface area contributed by atoms with Crippen molar-refractivity contribution in [3.63, 3.8) is 0 Å². The zero-order valence-corrected chi connectivity index (χ0v) is 9.78. The Labute approximate surface area is 86.5 Å². The van der Waals surface area contributed by atoms with Crippen LogP contribution in [0.2, 0.25) is 0 Å². The monoisotopic (exact) mass is 206 g/mol. The highest BCUT2D eigenvalue weighted by Gasteiger charge is 2.17. The first-order chi connectivity index (χ1) is 6.67. The largest absolute Gasteiger partial charge is 0.382 e. The maximum atomic E-state index is 5.32. The van der Waals surface area contributed by atoms with E-state index in [9.17, 15) is 0 Å². The third-order valence-electron chi connectivity index (χ3n) is 2.31. The molecule has 0 bridgehead atoms. The van der Waals surface area contributed by atoms with Gasteiger partial charge >= 0.3 is 0 Å². The molecule has 0 radical (unpaired) electrons. The molecule has 0 saturated heterocycles. The summed E-state index contributed by atoms with van der Waals surface area (Å²) in [6.07, 6.45) is 1.65. The van der Waals surface area contributed by atoms with Gasteiger partial charge in [-0.3, -0.25) is 0 Å². The molecule has 0 unspecified atom stereocenters. The number of rotatable bonds is 8. The Morgan fingerprint density at radius 3 is 1.71 bits per heavy atom. The highest BCUT2D eigenvalue weighted by molar-refractivity contribution is 4.64. The summed E-state index contributed by atoms with van der Waals surface area (Å²) in [7, 11) is 6.64. The highest BCUT2D eigenvalue weighted by Crippen LogP contribution is 2.12. The summed E-state index contributed by atoms with van der Waals surface area (Å²) >= 11 is 0. The summed E-state index contributed by atoms with van der Waals surface area (Å²) in [4.78, 5) is 0. The van der Waals surface area contributed by atoms with Gasteiger partial charge in [-0.15, -0.1) is 0 Å². The molecule has 0 aromatic heterocycles. The average molecular weight is 206 g/mol. The minimum Gasteiger partial charge on any atom is -0.382 e. The maximum Gasteiger partial charge on any atom is 0.159 e. The summed E-state index contributed by atoms with van der Waals surface area (Å²) in [5.41, 5.74) is 0. The van der Waals surface area contributed by atoms with Crippen LogP contribution >= 0.6 is 0 Å². The second-order valence-electron chi connectivity index (χ2n) is 3.28. The Morgan fingerprint density at radius 1 is 0.786 bits per heavy atom. The normalized spacial score (nSPS) is 15.9. The van der Waals surface area contributed by atoms with E-state index in [2.05, 4.69) is 0 Å². The van der Waals surface area contributed by atoms with E-state index in [1.807, 2.05) is 6.92 Å². The van der Waals surface area contributed by atoms with Crippen molar-refractivity contribution in [1.29, 1.82) is 0 Å². The number of ether oxygens (including phenoxy) is 4. The van der Waals surface area contributed by atoms with Gasteiger partial charge in [-0.25, -0.2) is 0 Å². The first kappa shape index (κ1) is 13.8. The fourth-order valence-corrected chi connectivity index (χ4v) is 1.26. The minimum absolute atomic E-state index is 0.106. The van der Waals surface area contributed by atoms with Gasteiger partial charge < -0.3 is 18.9 Å². The lowest BCUT2D eigenvalue weighted by molar-refractivity contribution is -0.130. The van der Waals surface area contributed by atoms with Crippen molar-refractivity contribution in [2.75, 3.05) is 28.4 Å². The van der Waals surface area contributed by atoms with E-state index >= 15 is 0 Å². The van der Waals surface area contributed by atoms with Gasteiger partial charge in [0.25, 0.3) is 0 Å². The van der Waals surface area contributed by atoms with Crippen LogP contribution in [0.3, 0.4) is 0 Å². The predicted molar refractivity (Wildman–Crippen MR) is 54.3 cm³/mol. The standard InChI is InChI=1S/C10H22O4/c1-8(11-2)6-9(12-3)7-10(13-4)14-5/h8-10H,6-7H2,1-5H3/t8-,9-/m1/s1. The van der Waals surface area contributed by atoms with Crippen molar-refractivity contribution in [2.24, 2.45) is 0 Å². The Balaban J connectivity index is 3.88. The quantitative estimate of drug-likeness (QED) is 0.563. The van der Waals surface area contributed by atoms with Gasteiger partial charge in [0.2, 0.25) is 0 Å². The molecule has 2 atom stereocenters. The molecule has 0 saturated carbocycles. The summed E-state index contributed by atoms with van der Waals surface area (Å²) in [5.74, 6) is 0. The molecule has 4 nitrogen and oxygen atoms in total. The number of methoxy groups -OCH3 is 4. The lowest BCUT2D eigenvalue weighted by Crippen LogP contribution is -2.26. The molecular formula is C10H22O4. The third kappa shape index (κ3) is 5.54. The van der Waals surface area contributed by atoms with E-state index in [-0.39, 0.29) is 18.5 Å². The van der Waals surface area contributed by atoms with Crippen LogP contribution in [0.5, 0.6) is 0 Å². The Kier molecular flexibility index (Phi) is 8.08. The zero-order valence-electron chi connectivity index (χ0n) is 9.78. The van der Waals surface area contributed by atoms with Crippen molar-refractivity contribution in [3.8, 4) is 0 Å². The molecular weight excluding hydrogens is 184 g/mol. The molecule has 0 N–H and O–H groups in total. The number of hydrogen-bond acceptors (Lipinski definition) is 4. The molecule has 0 aliphatic heterocycles. The fraction of sp³-hybridized carbons (Fsp3) is 1.00. The minimum atomic E-state index is -0.205. The first-order valence-electron chi connectivity index (χ1n) is 4.79. The van der Waals surface area contributed by atoms with Crippen LogP contribution in [-0.2, 0) is 18.9 Å². The van der Waals surface area contributed by atoms with Crippen LogP contribution in [0.25, 0.3) is 0 Å². The van der Waals surface area contributed by atoms with E-state index in [0.29, 0.717) is 0 Å². The van der Waals surface area contributed by atoms with Crippen LogP contribution in [0.15, 0.2) is 0 Å². The molecule has 0 amide bonds. The van der Waals surface area contributed by atoms with Gasteiger partial charge in [-0.05, 0) is 13.3 Å². The summed E-state index contributed by atoms with van der Waals surface area (Å²) < 4.78 is 20.7. The maximum absolute atomic E-state index is 5.32.